The van der Waals surface area contributed by atoms with Gasteiger partial charge in [-0.3, -0.25) is 10.1 Å². The predicted molar refractivity (Wildman–Crippen MR) is 99.5 cm³/mol. The number of carbonyl (C=O) groups excluding carboxylic acids is 1. The van der Waals surface area contributed by atoms with E-state index in [4.69, 9.17) is 17.0 Å². The smallest absolute Gasteiger partial charge is 0.250 e. The van der Waals surface area contributed by atoms with Gasteiger partial charge in [0, 0.05) is 18.2 Å². The quantitative estimate of drug-likeness (QED) is 0.411. The Morgan fingerprint density at radius 1 is 1.22 bits per heavy atom. The van der Waals surface area contributed by atoms with Gasteiger partial charge in [0.25, 0.3) is 0 Å². The maximum atomic E-state index is 11.8. The van der Waals surface area contributed by atoms with Crippen molar-refractivity contribution in [1.29, 1.82) is 0 Å². The van der Waals surface area contributed by atoms with Crippen LogP contribution in [0, 0.1) is 0 Å². The third-order valence-corrected chi connectivity index (χ3v) is 3.60. The van der Waals surface area contributed by atoms with E-state index in [-0.39, 0.29) is 5.91 Å². The summed E-state index contributed by atoms with van der Waals surface area (Å²) < 4.78 is 5.23. The molecule has 1 rings (SSSR count). The van der Waals surface area contributed by atoms with Crippen LogP contribution in [-0.2, 0) is 4.79 Å². The molecule has 0 heterocycles. The Labute approximate surface area is 144 Å². The lowest BCUT2D eigenvalue weighted by atomic mass is 10.1. The molecule has 0 bridgehead atoms. The number of methoxy groups -OCH3 is 1. The van der Waals surface area contributed by atoms with Crippen molar-refractivity contribution in [3.63, 3.8) is 0 Å². The van der Waals surface area contributed by atoms with Crippen LogP contribution in [0.1, 0.15) is 44.6 Å². The summed E-state index contributed by atoms with van der Waals surface area (Å²) in [7, 11) is 1.60. The molecule has 0 radical (unpaired) electrons. The lowest BCUT2D eigenvalue weighted by Gasteiger charge is -2.08. The second-order valence-electron chi connectivity index (χ2n) is 5.23. The van der Waals surface area contributed by atoms with E-state index in [1.807, 2.05) is 24.3 Å². The van der Waals surface area contributed by atoms with Crippen molar-refractivity contribution in [1.82, 2.24) is 10.6 Å². The fourth-order valence-electron chi connectivity index (χ4n) is 2.10. The van der Waals surface area contributed by atoms with Crippen LogP contribution in [0.5, 0.6) is 5.75 Å². The summed E-state index contributed by atoms with van der Waals surface area (Å²) in [6.07, 6.45) is 9.17. The number of hydrogen-bond donors (Lipinski definition) is 2. The molecular weight excluding hydrogens is 308 g/mol. The highest BCUT2D eigenvalue weighted by Crippen LogP contribution is 2.18. The molecule has 0 spiro atoms. The van der Waals surface area contributed by atoms with Crippen molar-refractivity contribution in [2.24, 2.45) is 0 Å². The summed E-state index contributed by atoms with van der Waals surface area (Å²) in [6.45, 7) is 2.99. The number of rotatable bonds is 9. The minimum Gasteiger partial charge on any atom is -0.496 e. The molecule has 2 N–H and O–H groups in total. The van der Waals surface area contributed by atoms with Gasteiger partial charge >= 0.3 is 0 Å². The molecule has 23 heavy (non-hydrogen) atoms. The molecule has 126 valence electrons. The minimum atomic E-state index is -0.251. The summed E-state index contributed by atoms with van der Waals surface area (Å²) in [5, 5.41) is 6.07. The molecule has 1 aromatic rings. The molecule has 5 heteroatoms. The van der Waals surface area contributed by atoms with E-state index < -0.39 is 0 Å². The molecule has 0 saturated heterocycles. The zero-order valence-electron chi connectivity index (χ0n) is 13.9. The molecule has 4 nitrogen and oxygen atoms in total. The number of unbranched alkanes of at least 4 members (excludes halogenated alkanes) is 4. The summed E-state index contributed by atoms with van der Waals surface area (Å²) in [6, 6.07) is 7.51. The van der Waals surface area contributed by atoms with Crippen LogP contribution in [0.2, 0.25) is 0 Å². The lowest BCUT2D eigenvalue weighted by molar-refractivity contribution is -0.115. The highest BCUT2D eigenvalue weighted by atomic mass is 32.1. The zero-order chi connectivity index (χ0) is 16.9. The minimum absolute atomic E-state index is 0.251. The number of nitrogens with one attached hydrogen (secondary N) is 2. The lowest BCUT2D eigenvalue weighted by Crippen LogP contribution is -2.38. The van der Waals surface area contributed by atoms with Crippen LogP contribution < -0.4 is 15.4 Å². The van der Waals surface area contributed by atoms with Crippen LogP contribution in [0.15, 0.2) is 30.3 Å². The highest BCUT2D eigenvalue weighted by molar-refractivity contribution is 7.80. The van der Waals surface area contributed by atoms with Gasteiger partial charge in [0.15, 0.2) is 5.11 Å². The fraction of sp³-hybridized carbons (Fsp3) is 0.444. The van der Waals surface area contributed by atoms with Gasteiger partial charge in [0.2, 0.25) is 5.91 Å². The average Bonchev–Trinajstić information content (AvgIpc) is 2.56. The number of ether oxygens (including phenoxy) is 1. The van der Waals surface area contributed by atoms with Crippen LogP contribution in [0.4, 0.5) is 0 Å². The van der Waals surface area contributed by atoms with Crippen molar-refractivity contribution >= 4 is 29.3 Å². The molecule has 0 aliphatic carbocycles. The summed E-state index contributed by atoms with van der Waals surface area (Å²) in [4.78, 5) is 11.8. The van der Waals surface area contributed by atoms with E-state index in [9.17, 15) is 4.79 Å². The Hall–Kier alpha value is -1.88. The Bertz CT molecular complexity index is 530. The SMILES string of the molecule is CCCCCCCNC(=S)NC(=O)/C=C/c1ccccc1OC. The molecule has 0 saturated carbocycles. The normalized spacial score (nSPS) is 10.5. The summed E-state index contributed by atoms with van der Waals surface area (Å²) in [5.74, 6) is 0.476. The molecule has 0 aromatic heterocycles. The van der Waals surface area contributed by atoms with Gasteiger partial charge in [-0.1, -0.05) is 50.8 Å². The maximum Gasteiger partial charge on any atom is 0.250 e. The van der Waals surface area contributed by atoms with Crippen LogP contribution in [0.25, 0.3) is 6.08 Å². The average molecular weight is 334 g/mol. The molecule has 1 aromatic carbocycles. The van der Waals surface area contributed by atoms with Crippen molar-refractivity contribution in [3.05, 3.63) is 35.9 Å². The van der Waals surface area contributed by atoms with Gasteiger partial charge in [-0.2, -0.15) is 0 Å². The van der Waals surface area contributed by atoms with Gasteiger partial charge in [0.1, 0.15) is 5.75 Å². The molecule has 0 aliphatic rings. The van der Waals surface area contributed by atoms with Gasteiger partial charge in [-0.15, -0.1) is 0 Å². The van der Waals surface area contributed by atoms with E-state index in [0.29, 0.717) is 5.11 Å². The number of amides is 1. The van der Waals surface area contributed by atoms with Gasteiger partial charge in [-0.25, -0.2) is 0 Å². The Morgan fingerprint density at radius 2 is 1.96 bits per heavy atom. The molecule has 1 amide bonds. The predicted octanol–water partition coefficient (Wildman–Crippen LogP) is 3.67. The van der Waals surface area contributed by atoms with E-state index in [0.717, 1.165) is 24.3 Å². The Balaban J connectivity index is 2.30. The first-order valence-corrected chi connectivity index (χ1v) is 8.48. The highest BCUT2D eigenvalue weighted by Gasteiger charge is 2.02. The van der Waals surface area contributed by atoms with Crippen molar-refractivity contribution in [2.45, 2.75) is 39.0 Å². The van der Waals surface area contributed by atoms with E-state index in [1.54, 1.807) is 13.2 Å². The van der Waals surface area contributed by atoms with Crippen molar-refractivity contribution in [3.8, 4) is 5.75 Å². The van der Waals surface area contributed by atoms with Crippen LogP contribution in [0.3, 0.4) is 0 Å². The molecule has 0 fully saturated rings. The van der Waals surface area contributed by atoms with Crippen molar-refractivity contribution < 1.29 is 9.53 Å². The van der Waals surface area contributed by atoms with Crippen molar-refractivity contribution in [2.75, 3.05) is 13.7 Å². The second kappa shape index (κ2) is 11.7. The van der Waals surface area contributed by atoms with E-state index in [2.05, 4.69) is 17.6 Å². The van der Waals surface area contributed by atoms with Gasteiger partial charge < -0.3 is 10.1 Å². The third-order valence-electron chi connectivity index (χ3n) is 3.36. The van der Waals surface area contributed by atoms with E-state index >= 15 is 0 Å². The second-order valence-corrected chi connectivity index (χ2v) is 5.64. The number of carbonyl (C=O) groups is 1. The van der Waals surface area contributed by atoms with Gasteiger partial charge in [0.05, 0.1) is 7.11 Å². The first kappa shape index (κ1) is 19.2. The Kier molecular flexibility index (Phi) is 9.71. The zero-order valence-corrected chi connectivity index (χ0v) is 14.7. The Morgan fingerprint density at radius 3 is 2.70 bits per heavy atom. The molecule has 0 aliphatic heterocycles. The summed E-state index contributed by atoms with van der Waals surface area (Å²) >= 11 is 5.11. The number of thiocarbonyl (C=S) groups is 1. The molecule has 0 unspecified atom stereocenters. The largest absolute Gasteiger partial charge is 0.496 e. The topological polar surface area (TPSA) is 50.4 Å². The number of hydrogen-bond acceptors (Lipinski definition) is 3. The third kappa shape index (κ3) is 8.35. The number of para-hydroxylation sites is 1. The first-order valence-electron chi connectivity index (χ1n) is 8.07. The standard InChI is InChI=1S/C18H26N2O2S/c1-3-4-5-6-9-14-19-18(23)20-17(21)13-12-15-10-7-8-11-16(15)22-2/h7-8,10-13H,3-6,9,14H2,1-2H3,(H2,19,20,21,23)/b13-12+. The first-order chi connectivity index (χ1) is 11.2. The maximum absolute atomic E-state index is 11.8. The summed E-state index contributed by atoms with van der Waals surface area (Å²) in [5.41, 5.74) is 0.847. The fourth-order valence-corrected chi connectivity index (χ4v) is 2.30. The molecular formula is C18H26N2O2S. The van der Waals surface area contributed by atoms with Crippen LogP contribution in [-0.4, -0.2) is 24.7 Å². The van der Waals surface area contributed by atoms with E-state index in [1.165, 1.54) is 31.8 Å². The van der Waals surface area contributed by atoms with Gasteiger partial charge in [-0.05, 0) is 30.8 Å². The monoisotopic (exact) mass is 334 g/mol. The molecule has 0 atom stereocenters. The van der Waals surface area contributed by atoms with Crippen LogP contribution >= 0.6 is 12.2 Å². The number of benzene rings is 1.